The Kier molecular flexibility index (Phi) is 8.57. The molecule has 0 spiro atoms. The number of aliphatic imine (C=N–C) groups is 1. The second kappa shape index (κ2) is 10.2. The van der Waals surface area contributed by atoms with Crippen LogP contribution in [0.5, 0.6) is 0 Å². The highest BCUT2D eigenvalue weighted by molar-refractivity contribution is 14.0. The van der Waals surface area contributed by atoms with E-state index < -0.39 is 0 Å². The Morgan fingerprint density at radius 1 is 1.27 bits per heavy atom. The quantitative estimate of drug-likeness (QED) is 0.435. The highest BCUT2D eigenvalue weighted by atomic mass is 127. The van der Waals surface area contributed by atoms with Crippen molar-refractivity contribution in [3.05, 3.63) is 54.1 Å². The Labute approximate surface area is 149 Å². The van der Waals surface area contributed by atoms with E-state index in [0.29, 0.717) is 6.54 Å². The molecule has 0 aliphatic heterocycles. The van der Waals surface area contributed by atoms with Crippen LogP contribution in [0, 0.1) is 6.92 Å². The zero-order chi connectivity index (χ0) is 14.9. The van der Waals surface area contributed by atoms with E-state index in [4.69, 9.17) is 0 Å². The first-order valence-electron chi connectivity index (χ1n) is 7.32. The van der Waals surface area contributed by atoms with E-state index in [2.05, 4.69) is 58.7 Å². The molecule has 0 radical (unpaired) electrons. The Bertz CT molecular complexity index is 566. The molecule has 2 N–H and O–H groups in total. The molecular formula is C16H24IN5. The number of benzene rings is 1. The molecule has 0 atom stereocenters. The SMILES string of the molecule is CCNC(=NCc1ccccc1C)NCCn1ccnc1.I. The lowest BCUT2D eigenvalue weighted by Gasteiger charge is -2.12. The van der Waals surface area contributed by atoms with Crippen molar-refractivity contribution < 1.29 is 0 Å². The fourth-order valence-electron chi connectivity index (χ4n) is 2.02. The van der Waals surface area contributed by atoms with Crippen LogP contribution in [-0.4, -0.2) is 28.6 Å². The van der Waals surface area contributed by atoms with Crippen LogP contribution in [0.1, 0.15) is 18.1 Å². The number of nitrogens with zero attached hydrogens (tertiary/aromatic N) is 3. The van der Waals surface area contributed by atoms with E-state index >= 15 is 0 Å². The van der Waals surface area contributed by atoms with E-state index in [-0.39, 0.29) is 24.0 Å². The van der Waals surface area contributed by atoms with Gasteiger partial charge in [-0.05, 0) is 25.0 Å². The zero-order valence-electron chi connectivity index (χ0n) is 13.1. The average Bonchev–Trinajstić information content (AvgIpc) is 2.99. The van der Waals surface area contributed by atoms with Gasteiger partial charge in [0.2, 0.25) is 0 Å². The molecule has 0 saturated heterocycles. The first-order valence-corrected chi connectivity index (χ1v) is 7.32. The highest BCUT2D eigenvalue weighted by Gasteiger charge is 1.99. The standard InChI is InChI=1S/C16H23N5.HI/c1-3-18-16(19-9-11-21-10-8-17-13-21)20-12-15-7-5-4-6-14(15)2;/h4-8,10,13H,3,9,11-12H2,1-2H3,(H2,18,19,20);1H. The van der Waals surface area contributed by atoms with Gasteiger partial charge in [0.1, 0.15) is 0 Å². The topological polar surface area (TPSA) is 54.2 Å². The molecule has 0 amide bonds. The van der Waals surface area contributed by atoms with Crippen molar-refractivity contribution in [2.75, 3.05) is 13.1 Å². The van der Waals surface area contributed by atoms with Crippen LogP contribution < -0.4 is 10.6 Å². The Hall–Kier alpha value is -1.57. The maximum atomic E-state index is 4.63. The Balaban J connectivity index is 0.00000242. The molecule has 1 heterocycles. The molecule has 2 rings (SSSR count). The third-order valence-electron chi connectivity index (χ3n) is 3.23. The van der Waals surface area contributed by atoms with Gasteiger partial charge in [-0.15, -0.1) is 24.0 Å². The highest BCUT2D eigenvalue weighted by Crippen LogP contribution is 2.07. The summed E-state index contributed by atoms with van der Waals surface area (Å²) in [6.07, 6.45) is 5.57. The van der Waals surface area contributed by atoms with Gasteiger partial charge in [0.15, 0.2) is 5.96 Å². The van der Waals surface area contributed by atoms with Crippen molar-refractivity contribution >= 4 is 29.9 Å². The predicted molar refractivity (Wildman–Crippen MR) is 102 cm³/mol. The van der Waals surface area contributed by atoms with Crippen LogP contribution >= 0.6 is 24.0 Å². The molecule has 6 heteroatoms. The molecule has 1 aromatic heterocycles. The second-order valence-electron chi connectivity index (χ2n) is 4.85. The van der Waals surface area contributed by atoms with Crippen molar-refractivity contribution in [1.82, 2.24) is 20.2 Å². The minimum atomic E-state index is 0. The molecule has 0 aliphatic carbocycles. The van der Waals surface area contributed by atoms with Gasteiger partial charge in [0.25, 0.3) is 0 Å². The summed E-state index contributed by atoms with van der Waals surface area (Å²) in [6.45, 7) is 7.41. The van der Waals surface area contributed by atoms with Gasteiger partial charge in [0.05, 0.1) is 12.9 Å². The summed E-state index contributed by atoms with van der Waals surface area (Å²) in [4.78, 5) is 8.66. The van der Waals surface area contributed by atoms with Gasteiger partial charge >= 0.3 is 0 Å². The third-order valence-corrected chi connectivity index (χ3v) is 3.23. The number of hydrogen-bond donors (Lipinski definition) is 2. The van der Waals surface area contributed by atoms with Gasteiger partial charge in [-0.3, -0.25) is 0 Å². The normalized spacial score (nSPS) is 10.9. The molecular weight excluding hydrogens is 389 g/mol. The molecule has 0 fully saturated rings. The number of imidazole rings is 1. The van der Waals surface area contributed by atoms with Gasteiger partial charge in [-0.25, -0.2) is 9.98 Å². The number of aryl methyl sites for hydroxylation is 1. The van der Waals surface area contributed by atoms with Crippen molar-refractivity contribution in [3.8, 4) is 0 Å². The summed E-state index contributed by atoms with van der Waals surface area (Å²) in [7, 11) is 0. The zero-order valence-corrected chi connectivity index (χ0v) is 15.5. The van der Waals surface area contributed by atoms with Crippen LogP contribution in [0.4, 0.5) is 0 Å². The van der Waals surface area contributed by atoms with Gasteiger partial charge in [-0.1, -0.05) is 24.3 Å². The lowest BCUT2D eigenvalue weighted by atomic mass is 10.1. The average molecular weight is 413 g/mol. The molecule has 120 valence electrons. The minimum absolute atomic E-state index is 0. The summed E-state index contributed by atoms with van der Waals surface area (Å²) in [5.41, 5.74) is 2.53. The van der Waals surface area contributed by atoms with Crippen LogP contribution in [0.15, 0.2) is 48.0 Å². The molecule has 2 aromatic rings. The molecule has 0 bridgehead atoms. The van der Waals surface area contributed by atoms with Gasteiger partial charge in [0, 0.05) is 32.0 Å². The molecule has 0 saturated carbocycles. The second-order valence-corrected chi connectivity index (χ2v) is 4.85. The lowest BCUT2D eigenvalue weighted by molar-refractivity contribution is 0.662. The fraction of sp³-hybridized carbons (Fsp3) is 0.375. The number of rotatable bonds is 6. The number of nitrogens with one attached hydrogen (secondary N) is 2. The number of hydrogen-bond acceptors (Lipinski definition) is 2. The predicted octanol–water partition coefficient (Wildman–Crippen LogP) is 2.56. The molecule has 22 heavy (non-hydrogen) atoms. The summed E-state index contributed by atoms with van der Waals surface area (Å²) < 4.78 is 2.04. The Morgan fingerprint density at radius 2 is 2.09 bits per heavy atom. The van der Waals surface area contributed by atoms with E-state index in [9.17, 15) is 0 Å². The van der Waals surface area contributed by atoms with Crippen LogP contribution in [0.3, 0.4) is 0 Å². The van der Waals surface area contributed by atoms with Crippen molar-refractivity contribution in [2.24, 2.45) is 4.99 Å². The molecule has 0 unspecified atom stereocenters. The lowest BCUT2D eigenvalue weighted by Crippen LogP contribution is -2.38. The summed E-state index contributed by atoms with van der Waals surface area (Å²) in [5.74, 6) is 0.848. The maximum Gasteiger partial charge on any atom is 0.191 e. The van der Waals surface area contributed by atoms with E-state index in [1.807, 2.05) is 17.1 Å². The number of aromatic nitrogens is 2. The summed E-state index contributed by atoms with van der Waals surface area (Å²) in [6, 6.07) is 8.34. The number of halogens is 1. The van der Waals surface area contributed by atoms with Gasteiger partial charge < -0.3 is 15.2 Å². The fourth-order valence-corrected chi connectivity index (χ4v) is 2.02. The van der Waals surface area contributed by atoms with Crippen LogP contribution in [0.2, 0.25) is 0 Å². The summed E-state index contributed by atoms with van der Waals surface area (Å²) >= 11 is 0. The number of guanidine groups is 1. The van der Waals surface area contributed by atoms with Gasteiger partial charge in [-0.2, -0.15) is 0 Å². The van der Waals surface area contributed by atoms with E-state index in [0.717, 1.165) is 25.6 Å². The molecule has 1 aromatic carbocycles. The monoisotopic (exact) mass is 413 g/mol. The van der Waals surface area contributed by atoms with E-state index in [1.165, 1.54) is 11.1 Å². The van der Waals surface area contributed by atoms with Crippen LogP contribution in [-0.2, 0) is 13.1 Å². The maximum absolute atomic E-state index is 4.63. The first kappa shape index (κ1) is 18.5. The van der Waals surface area contributed by atoms with E-state index in [1.54, 1.807) is 6.20 Å². The van der Waals surface area contributed by atoms with Crippen molar-refractivity contribution in [2.45, 2.75) is 26.9 Å². The van der Waals surface area contributed by atoms with Crippen molar-refractivity contribution in [3.63, 3.8) is 0 Å². The minimum Gasteiger partial charge on any atom is -0.357 e. The Morgan fingerprint density at radius 3 is 2.77 bits per heavy atom. The molecule has 5 nitrogen and oxygen atoms in total. The first-order chi connectivity index (χ1) is 10.3. The summed E-state index contributed by atoms with van der Waals surface area (Å²) in [5, 5.41) is 6.61. The van der Waals surface area contributed by atoms with Crippen molar-refractivity contribution in [1.29, 1.82) is 0 Å². The molecule has 0 aliphatic rings. The smallest absolute Gasteiger partial charge is 0.191 e. The third kappa shape index (κ3) is 6.05. The van der Waals surface area contributed by atoms with Crippen LogP contribution in [0.25, 0.3) is 0 Å². The largest absolute Gasteiger partial charge is 0.357 e.